The normalized spacial score (nSPS) is 11.7. The van der Waals surface area contributed by atoms with E-state index in [4.69, 9.17) is 0 Å². The minimum absolute atomic E-state index is 1.11. The third-order valence-electron chi connectivity index (χ3n) is 9.66. The molecule has 0 amide bonds. The molecule has 0 unspecified atom stereocenters. The standard InChI is InChI=1S/C45H29N3S/c1-3-10-30(11-4-1)31-18-21-34(22-19-31)47(42-16-9-17-43-44(42)37-24-20-32-26-27-46-29-39(32)45(37)49-43)35-23-25-41-38(28-35)36-14-7-8-15-40(36)48(41)33-12-5-2-6-13-33/h1-29H. The zero-order valence-electron chi connectivity index (χ0n) is 26.5. The van der Waals surface area contributed by atoms with E-state index >= 15 is 0 Å². The second-order valence-electron chi connectivity index (χ2n) is 12.4. The topological polar surface area (TPSA) is 21.1 Å². The van der Waals surface area contributed by atoms with E-state index in [0.717, 1.165) is 22.7 Å². The molecule has 49 heavy (non-hydrogen) atoms. The molecule has 10 aromatic rings. The molecule has 4 heteroatoms. The van der Waals surface area contributed by atoms with Crippen LogP contribution in [0.1, 0.15) is 0 Å². The number of pyridine rings is 1. The van der Waals surface area contributed by atoms with Gasteiger partial charge in [0.25, 0.3) is 0 Å². The van der Waals surface area contributed by atoms with Gasteiger partial charge in [0, 0.05) is 65.8 Å². The lowest BCUT2D eigenvalue weighted by Crippen LogP contribution is -2.10. The Bertz CT molecular complexity index is 2820. The highest BCUT2D eigenvalue weighted by Gasteiger charge is 2.21. The van der Waals surface area contributed by atoms with Gasteiger partial charge in [-0.2, -0.15) is 0 Å². The Hall–Kier alpha value is -6.23. The van der Waals surface area contributed by atoms with Crippen LogP contribution in [0.2, 0.25) is 0 Å². The van der Waals surface area contributed by atoms with Crippen LogP contribution >= 0.6 is 11.3 Å². The smallest absolute Gasteiger partial charge is 0.0554 e. The molecule has 7 aromatic carbocycles. The highest BCUT2D eigenvalue weighted by atomic mass is 32.1. The van der Waals surface area contributed by atoms with Gasteiger partial charge in [0.1, 0.15) is 0 Å². The summed E-state index contributed by atoms with van der Waals surface area (Å²) in [5.41, 5.74) is 9.34. The maximum absolute atomic E-state index is 4.49. The molecule has 0 aliphatic heterocycles. The van der Waals surface area contributed by atoms with E-state index in [1.54, 1.807) is 0 Å². The molecule has 0 aliphatic rings. The summed E-state index contributed by atoms with van der Waals surface area (Å²) < 4.78 is 4.91. The number of para-hydroxylation sites is 2. The molecular formula is C45H29N3S. The average molecular weight is 644 g/mol. The fraction of sp³-hybridized carbons (Fsp3) is 0. The van der Waals surface area contributed by atoms with E-state index in [0.29, 0.717) is 0 Å². The minimum Gasteiger partial charge on any atom is -0.310 e. The molecule has 0 bridgehead atoms. The molecule has 3 nitrogen and oxygen atoms in total. The number of nitrogens with zero attached hydrogens (tertiary/aromatic N) is 3. The maximum atomic E-state index is 4.49. The van der Waals surface area contributed by atoms with E-state index in [1.165, 1.54) is 63.9 Å². The van der Waals surface area contributed by atoms with Crippen molar-refractivity contribution in [3.8, 4) is 16.8 Å². The van der Waals surface area contributed by atoms with Crippen molar-refractivity contribution >= 4 is 81.1 Å². The Morgan fingerprint density at radius 3 is 2.10 bits per heavy atom. The number of aromatic nitrogens is 2. The molecule has 0 N–H and O–H groups in total. The fourth-order valence-corrected chi connectivity index (χ4v) is 8.67. The molecule has 0 saturated carbocycles. The summed E-state index contributed by atoms with van der Waals surface area (Å²) in [7, 11) is 0. The van der Waals surface area contributed by atoms with E-state index < -0.39 is 0 Å². The number of thiophene rings is 1. The first-order chi connectivity index (χ1) is 24.3. The molecule has 10 rings (SSSR count). The molecule has 0 fully saturated rings. The van der Waals surface area contributed by atoms with Crippen molar-refractivity contribution < 1.29 is 0 Å². The lowest BCUT2D eigenvalue weighted by molar-refractivity contribution is 1.18. The summed E-state index contributed by atoms with van der Waals surface area (Å²) >= 11 is 1.85. The lowest BCUT2D eigenvalue weighted by atomic mass is 10.0. The zero-order chi connectivity index (χ0) is 32.3. The van der Waals surface area contributed by atoms with E-state index in [2.05, 4.69) is 178 Å². The summed E-state index contributed by atoms with van der Waals surface area (Å²) in [5, 5.41) is 7.38. The minimum atomic E-state index is 1.11. The van der Waals surface area contributed by atoms with Crippen LogP contribution in [0.15, 0.2) is 176 Å². The van der Waals surface area contributed by atoms with Crippen molar-refractivity contribution in [1.29, 1.82) is 0 Å². The Balaban J connectivity index is 1.24. The van der Waals surface area contributed by atoms with Gasteiger partial charge in [0.05, 0.1) is 16.7 Å². The molecule has 3 heterocycles. The molecule has 0 aliphatic carbocycles. The monoisotopic (exact) mass is 643 g/mol. The van der Waals surface area contributed by atoms with E-state index in [-0.39, 0.29) is 0 Å². The van der Waals surface area contributed by atoms with Gasteiger partial charge in [-0.05, 0) is 83.2 Å². The first-order valence-electron chi connectivity index (χ1n) is 16.5. The first kappa shape index (κ1) is 27.8. The van der Waals surface area contributed by atoms with Gasteiger partial charge in [-0.15, -0.1) is 11.3 Å². The van der Waals surface area contributed by atoms with Crippen molar-refractivity contribution in [3.05, 3.63) is 176 Å². The number of hydrogen-bond donors (Lipinski definition) is 0. The van der Waals surface area contributed by atoms with Crippen LogP contribution in [0.4, 0.5) is 17.1 Å². The third-order valence-corrected chi connectivity index (χ3v) is 10.9. The van der Waals surface area contributed by atoms with Gasteiger partial charge in [0.15, 0.2) is 0 Å². The highest BCUT2D eigenvalue weighted by molar-refractivity contribution is 7.26. The number of rotatable bonds is 5. The molecule has 0 spiro atoms. The van der Waals surface area contributed by atoms with Crippen molar-refractivity contribution in [1.82, 2.24) is 9.55 Å². The molecule has 0 atom stereocenters. The van der Waals surface area contributed by atoms with Crippen LogP contribution < -0.4 is 4.90 Å². The van der Waals surface area contributed by atoms with Gasteiger partial charge in [-0.1, -0.05) is 97.1 Å². The van der Waals surface area contributed by atoms with Crippen molar-refractivity contribution in [2.75, 3.05) is 4.90 Å². The van der Waals surface area contributed by atoms with Gasteiger partial charge in [0.2, 0.25) is 0 Å². The Labute approximate surface area is 287 Å². The van der Waals surface area contributed by atoms with Crippen LogP contribution in [0.5, 0.6) is 0 Å². The quantitative estimate of drug-likeness (QED) is 0.186. The molecule has 0 saturated heterocycles. The van der Waals surface area contributed by atoms with Crippen LogP contribution in [-0.2, 0) is 0 Å². The Kier molecular flexibility index (Phi) is 6.36. The number of benzene rings is 7. The highest BCUT2D eigenvalue weighted by Crippen LogP contribution is 2.47. The van der Waals surface area contributed by atoms with Gasteiger partial charge in [-0.25, -0.2) is 0 Å². The zero-order valence-corrected chi connectivity index (χ0v) is 27.3. The summed E-state index contributed by atoms with van der Waals surface area (Å²) in [4.78, 5) is 6.93. The van der Waals surface area contributed by atoms with Crippen molar-refractivity contribution in [2.45, 2.75) is 0 Å². The van der Waals surface area contributed by atoms with Gasteiger partial charge < -0.3 is 9.47 Å². The number of hydrogen-bond acceptors (Lipinski definition) is 3. The molecular weight excluding hydrogens is 615 g/mol. The van der Waals surface area contributed by atoms with Gasteiger partial charge >= 0.3 is 0 Å². The third kappa shape index (κ3) is 4.46. The Morgan fingerprint density at radius 2 is 1.24 bits per heavy atom. The average Bonchev–Trinajstić information content (AvgIpc) is 3.72. The van der Waals surface area contributed by atoms with E-state index in [9.17, 15) is 0 Å². The molecule has 230 valence electrons. The largest absolute Gasteiger partial charge is 0.310 e. The lowest BCUT2D eigenvalue weighted by Gasteiger charge is -2.27. The molecule has 0 radical (unpaired) electrons. The number of fused-ring (bicyclic) bond motifs is 8. The predicted molar refractivity (Wildman–Crippen MR) is 209 cm³/mol. The Morgan fingerprint density at radius 1 is 0.510 bits per heavy atom. The van der Waals surface area contributed by atoms with Gasteiger partial charge in [-0.3, -0.25) is 4.98 Å². The second-order valence-corrected chi connectivity index (χ2v) is 13.5. The van der Waals surface area contributed by atoms with Crippen LogP contribution in [0.3, 0.4) is 0 Å². The summed E-state index contributed by atoms with van der Waals surface area (Å²) in [5.74, 6) is 0. The first-order valence-corrected chi connectivity index (χ1v) is 17.4. The van der Waals surface area contributed by atoms with Crippen LogP contribution in [0, 0.1) is 0 Å². The van der Waals surface area contributed by atoms with E-state index in [1.807, 2.05) is 23.7 Å². The second kappa shape index (κ2) is 11.2. The van der Waals surface area contributed by atoms with Crippen LogP contribution in [-0.4, -0.2) is 9.55 Å². The predicted octanol–water partition coefficient (Wildman–Crippen LogP) is 12.8. The van der Waals surface area contributed by atoms with Crippen molar-refractivity contribution in [3.63, 3.8) is 0 Å². The van der Waals surface area contributed by atoms with Crippen molar-refractivity contribution in [2.24, 2.45) is 0 Å². The summed E-state index contributed by atoms with van der Waals surface area (Å²) in [6.07, 6.45) is 3.88. The summed E-state index contributed by atoms with van der Waals surface area (Å²) in [6.45, 7) is 0. The van der Waals surface area contributed by atoms with Crippen LogP contribution in [0.25, 0.3) is 69.6 Å². The number of anilines is 3. The fourth-order valence-electron chi connectivity index (χ4n) is 7.43. The maximum Gasteiger partial charge on any atom is 0.0554 e. The SMILES string of the molecule is c1ccc(-c2ccc(N(c3ccc4c(c3)c3ccccc3n4-c3ccccc3)c3cccc4sc5c6cnccc6ccc5c34)cc2)cc1. The molecule has 3 aromatic heterocycles. The summed E-state index contributed by atoms with van der Waals surface area (Å²) in [6, 6.07) is 59.2.